The van der Waals surface area contributed by atoms with E-state index < -0.39 is 0 Å². The highest BCUT2D eigenvalue weighted by Crippen LogP contribution is 2.22. The minimum atomic E-state index is -0.222. The molecule has 1 aromatic carbocycles. The van der Waals surface area contributed by atoms with E-state index in [2.05, 4.69) is 21.6 Å². The van der Waals surface area contributed by atoms with Crippen LogP contribution in [0.1, 0.15) is 10.9 Å². The second kappa shape index (κ2) is 7.45. The number of nitrogens with one attached hydrogen (secondary N) is 2. The summed E-state index contributed by atoms with van der Waals surface area (Å²) in [6.45, 7) is 0.549. The molecule has 0 fully saturated rings. The van der Waals surface area contributed by atoms with Crippen molar-refractivity contribution >= 4 is 34.7 Å². The third-order valence-corrected chi connectivity index (χ3v) is 4.28. The number of amides is 2. The number of benzene rings is 1. The Morgan fingerprint density at radius 2 is 2.00 bits per heavy atom. The fourth-order valence-corrected chi connectivity index (χ4v) is 2.97. The molecular weight excluding hydrogens is 306 g/mol. The highest BCUT2D eigenvalue weighted by atomic mass is 35.5. The van der Waals surface area contributed by atoms with Gasteiger partial charge in [0.05, 0.1) is 6.04 Å². The molecule has 6 heteroatoms. The van der Waals surface area contributed by atoms with Gasteiger partial charge in [-0.15, -0.1) is 11.3 Å². The molecule has 0 aliphatic heterocycles. The van der Waals surface area contributed by atoms with Crippen molar-refractivity contribution in [1.29, 1.82) is 0 Å². The van der Waals surface area contributed by atoms with Crippen LogP contribution in [0.5, 0.6) is 0 Å². The molecule has 0 aliphatic carbocycles. The molecule has 0 radical (unpaired) electrons. The van der Waals surface area contributed by atoms with Gasteiger partial charge in [0.1, 0.15) is 0 Å². The third kappa shape index (κ3) is 4.74. The minimum absolute atomic E-state index is 0.168. The quantitative estimate of drug-likeness (QED) is 0.878. The average molecular weight is 324 g/mol. The number of likely N-dealkylation sites (N-methyl/N-ethyl adjacent to an activating group) is 1. The van der Waals surface area contributed by atoms with Gasteiger partial charge in [-0.25, -0.2) is 4.79 Å². The predicted molar refractivity (Wildman–Crippen MR) is 89.2 cm³/mol. The van der Waals surface area contributed by atoms with Gasteiger partial charge in [-0.05, 0) is 49.8 Å². The van der Waals surface area contributed by atoms with Gasteiger partial charge in [0.25, 0.3) is 0 Å². The van der Waals surface area contributed by atoms with Crippen molar-refractivity contribution in [3.8, 4) is 0 Å². The Morgan fingerprint density at radius 1 is 1.29 bits per heavy atom. The molecule has 4 nitrogen and oxygen atoms in total. The molecule has 21 heavy (non-hydrogen) atoms. The number of urea groups is 1. The van der Waals surface area contributed by atoms with Crippen LogP contribution < -0.4 is 10.6 Å². The van der Waals surface area contributed by atoms with Gasteiger partial charge in [0, 0.05) is 22.1 Å². The van der Waals surface area contributed by atoms with E-state index in [4.69, 9.17) is 11.6 Å². The van der Waals surface area contributed by atoms with E-state index in [-0.39, 0.29) is 12.1 Å². The summed E-state index contributed by atoms with van der Waals surface area (Å²) in [7, 11) is 4.01. The number of thiophene rings is 1. The summed E-state index contributed by atoms with van der Waals surface area (Å²) >= 11 is 7.50. The Bertz CT molecular complexity index is 569. The van der Waals surface area contributed by atoms with E-state index >= 15 is 0 Å². The fourth-order valence-electron chi connectivity index (χ4n) is 1.92. The average Bonchev–Trinajstić information content (AvgIpc) is 2.95. The van der Waals surface area contributed by atoms with Gasteiger partial charge >= 0.3 is 6.03 Å². The van der Waals surface area contributed by atoms with Gasteiger partial charge in [-0.2, -0.15) is 0 Å². The van der Waals surface area contributed by atoms with Crippen molar-refractivity contribution < 1.29 is 4.79 Å². The smallest absolute Gasteiger partial charge is 0.319 e. The summed E-state index contributed by atoms with van der Waals surface area (Å²) in [6.07, 6.45) is 0. The van der Waals surface area contributed by atoms with E-state index in [0.29, 0.717) is 11.6 Å². The predicted octanol–water partition coefficient (Wildman–Crippen LogP) is 3.83. The molecule has 0 bridgehead atoms. The maximum Gasteiger partial charge on any atom is 0.319 e. The van der Waals surface area contributed by atoms with Crippen LogP contribution in [0.15, 0.2) is 41.8 Å². The van der Waals surface area contributed by atoms with Crippen LogP contribution in [0.25, 0.3) is 0 Å². The number of anilines is 1. The zero-order valence-corrected chi connectivity index (χ0v) is 13.5. The summed E-state index contributed by atoms with van der Waals surface area (Å²) in [5.74, 6) is 0. The van der Waals surface area contributed by atoms with Crippen LogP contribution in [-0.2, 0) is 0 Å². The molecule has 0 saturated heterocycles. The molecule has 2 rings (SSSR count). The maximum atomic E-state index is 11.9. The van der Waals surface area contributed by atoms with E-state index in [1.54, 1.807) is 35.6 Å². The molecule has 0 saturated carbocycles. The Balaban J connectivity index is 1.89. The van der Waals surface area contributed by atoms with Crippen molar-refractivity contribution in [3.63, 3.8) is 0 Å². The van der Waals surface area contributed by atoms with Crippen molar-refractivity contribution in [1.82, 2.24) is 10.2 Å². The third-order valence-electron chi connectivity index (χ3n) is 3.05. The lowest BCUT2D eigenvalue weighted by atomic mass is 10.2. The first-order valence-corrected chi connectivity index (χ1v) is 7.82. The van der Waals surface area contributed by atoms with Gasteiger partial charge < -0.3 is 15.5 Å². The number of nitrogens with zero attached hydrogens (tertiary/aromatic N) is 1. The minimum Gasteiger partial charge on any atom is -0.336 e. The monoisotopic (exact) mass is 323 g/mol. The Hall–Kier alpha value is -1.56. The SMILES string of the molecule is CN(C)C(CNC(=O)Nc1ccc(Cl)cc1)c1cccs1. The fraction of sp³-hybridized carbons (Fsp3) is 0.267. The van der Waals surface area contributed by atoms with Crippen LogP contribution in [0.2, 0.25) is 5.02 Å². The molecule has 1 heterocycles. The zero-order chi connectivity index (χ0) is 15.2. The van der Waals surface area contributed by atoms with Crippen molar-refractivity contribution in [2.75, 3.05) is 26.0 Å². The summed E-state index contributed by atoms with van der Waals surface area (Å²) < 4.78 is 0. The number of hydrogen-bond donors (Lipinski definition) is 2. The molecule has 1 aromatic heterocycles. The maximum absolute atomic E-state index is 11.9. The number of hydrogen-bond acceptors (Lipinski definition) is 3. The van der Waals surface area contributed by atoms with E-state index in [0.717, 1.165) is 5.69 Å². The first-order valence-electron chi connectivity index (χ1n) is 6.56. The number of carbonyl (C=O) groups excluding carboxylic acids is 1. The summed E-state index contributed by atoms with van der Waals surface area (Å²) in [6, 6.07) is 11.1. The van der Waals surface area contributed by atoms with Gasteiger partial charge in [-0.3, -0.25) is 0 Å². The van der Waals surface area contributed by atoms with E-state index in [9.17, 15) is 4.79 Å². The lowest BCUT2D eigenvalue weighted by molar-refractivity contribution is 0.244. The molecule has 1 atom stereocenters. The Morgan fingerprint density at radius 3 is 2.57 bits per heavy atom. The molecule has 2 N–H and O–H groups in total. The van der Waals surface area contributed by atoms with Crippen molar-refractivity contribution in [2.24, 2.45) is 0 Å². The molecule has 1 unspecified atom stereocenters. The van der Waals surface area contributed by atoms with Crippen LogP contribution in [0.3, 0.4) is 0 Å². The topological polar surface area (TPSA) is 44.4 Å². The molecular formula is C15H18ClN3OS. The first-order chi connectivity index (χ1) is 10.1. The zero-order valence-electron chi connectivity index (χ0n) is 12.0. The largest absolute Gasteiger partial charge is 0.336 e. The highest BCUT2D eigenvalue weighted by molar-refractivity contribution is 7.10. The first kappa shape index (κ1) is 15.8. The van der Waals surface area contributed by atoms with Gasteiger partial charge in [-0.1, -0.05) is 17.7 Å². The molecule has 0 aliphatic rings. The van der Waals surface area contributed by atoms with Crippen molar-refractivity contribution in [3.05, 3.63) is 51.7 Å². The van der Waals surface area contributed by atoms with Gasteiger partial charge in [0.15, 0.2) is 0 Å². The number of rotatable bonds is 5. The number of halogens is 1. The number of carbonyl (C=O) groups is 1. The van der Waals surface area contributed by atoms with Crippen molar-refractivity contribution in [2.45, 2.75) is 6.04 Å². The van der Waals surface area contributed by atoms with Crippen LogP contribution in [0, 0.1) is 0 Å². The standard InChI is InChI=1S/C15H18ClN3OS/c1-19(2)13(14-4-3-9-21-14)10-17-15(20)18-12-7-5-11(16)6-8-12/h3-9,13H,10H2,1-2H3,(H2,17,18,20). The van der Waals surface area contributed by atoms with Crippen LogP contribution in [-0.4, -0.2) is 31.6 Å². The lowest BCUT2D eigenvalue weighted by Gasteiger charge is -2.23. The summed E-state index contributed by atoms with van der Waals surface area (Å²) in [5, 5.41) is 8.37. The van der Waals surface area contributed by atoms with E-state index in [1.807, 2.05) is 25.5 Å². The lowest BCUT2D eigenvalue weighted by Crippen LogP contribution is -2.36. The molecule has 2 amide bonds. The Kier molecular flexibility index (Phi) is 5.61. The molecule has 2 aromatic rings. The van der Waals surface area contributed by atoms with Crippen LogP contribution in [0.4, 0.5) is 10.5 Å². The second-order valence-electron chi connectivity index (χ2n) is 4.84. The van der Waals surface area contributed by atoms with Crippen LogP contribution >= 0.6 is 22.9 Å². The normalized spacial score (nSPS) is 12.2. The second-order valence-corrected chi connectivity index (χ2v) is 6.25. The van der Waals surface area contributed by atoms with E-state index in [1.165, 1.54) is 4.88 Å². The summed E-state index contributed by atoms with van der Waals surface area (Å²) in [5.41, 5.74) is 0.717. The van der Waals surface area contributed by atoms with Gasteiger partial charge in [0.2, 0.25) is 0 Å². The Labute approximate surface area is 133 Å². The highest BCUT2D eigenvalue weighted by Gasteiger charge is 2.16. The summed E-state index contributed by atoms with van der Waals surface area (Å²) in [4.78, 5) is 15.2. The molecule has 0 spiro atoms. The molecule has 112 valence electrons.